The van der Waals surface area contributed by atoms with Crippen molar-refractivity contribution in [1.82, 2.24) is 19.2 Å². The minimum atomic E-state index is -0.00239. The van der Waals surface area contributed by atoms with E-state index in [9.17, 15) is 9.59 Å². The van der Waals surface area contributed by atoms with E-state index in [1.54, 1.807) is 0 Å². The van der Waals surface area contributed by atoms with Gasteiger partial charge in [-0.1, -0.05) is 6.07 Å². The second-order valence-electron chi connectivity index (χ2n) is 7.58. The predicted octanol–water partition coefficient (Wildman–Crippen LogP) is 2.51. The highest BCUT2D eigenvalue weighted by Crippen LogP contribution is 2.24. The zero-order valence-corrected chi connectivity index (χ0v) is 15.4. The maximum atomic E-state index is 12.8. The van der Waals surface area contributed by atoms with E-state index in [4.69, 9.17) is 0 Å². The average molecular weight is 354 g/mol. The number of hydrogen-bond acceptors (Lipinski definition) is 3. The van der Waals surface area contributed by atoms with Crippen molar-refractivity contribution in [3.8, 4) is 0 Å². The number of carbonyl (C=O) groups is 2. The number of fused-ring (bicyclic) bond motifs is 1. The Balaban J connectivity index is 1.35. The molecular formula is C20H26N4O2. The van der Waals surface area contributed by atoms with E-state index >= 15 is 0 Å². The number of imidazole rings is 1. The molecule has 0 unspecified atom stereocenters. The molecule has 4 rings (SSSR count). The summed E-state index contributed by atoms with van der Waals surface area (Å²) in [5.74, 6) is 0.691. The van der Waals surface area contributed by atoms with Gasteiger partial charge in [0, 0.05) is 45.0 Å². The first kappa shape index (κ1) is 17.1. The number of aromatic nitrogens is 2. The third-order valence-electron chi connectivity index (χ3n) is 5.72. The van der Waals surface area contributed by atoms with Gasteiger partial charge in [-0.05, 0) is 50.2 Å². The van der Waals surface area contributed by atoms with Gasteiger partial charge in [0.25, 0.3) is 5.91 Å². The van der Waals surface area contributed by atoms with Gasteiger partial charge in [-0.2, -0.15) is 0 Å². The minimum Gasteiger partial charge on any atom is -0.343 e. The van der Waals surface area contributed by atoms with Crippen molar-refractivity contribution >= 4 is 17.5 Å². The van der Waals surface area contributed by atoms with Crippen LogP contribution < -0.4 is 0 Å². The Hall–Kier alpha value is -2.37. The molecule has 4 heterocycles. The number of aryl methyl sites for hydroxylation is 1. The van der Waals surface area contributed by atoms with Gasteiger partial charge in [0.1, 0.15) is 11.3 Å². The van der Waals surface area contributed by atoms with E-state index < -0.39 is 0 Å². The third kappa shape index (κ3) is 3.32. The monoisotopic (exact) mass is 354 g/mol. The van der Waals surface area contributed by atoms with Gasteiger partial charge in [-0.3, -0.25) is 9.59 Å². The summed E-state index contributed by atoms with van der Waals surface area (Å²) in [5.41, 5.74) is 2.40. The molecule has 2 aromatic rings. The largest absolute Gasteiger partial charge is 0.343 e. The average Bonchev–Trinajstić information content (AvgIpc) is 3.32. The lowest BCUT2D eigenvalue weighted by atomic mass is 9.93. The third-order valence-corrected chi connectivity index (χ3v) is 5.72. The normalized spacial score (nSPS) is 18.7. The van der Waals surface area contributed by atoms with E-state index in [1.807, 2.05) is 45.7 Å². The Bertz CT molecular complexity index is 814. The molecule has 2 aliphatic rings. The molecule has 2 amide bonds. The van der Waals surface area contributed by atoms with Crippen LogP contribution >= 0.6 is 0 Å². The van der Waals surface area contributed by atoms with E-state index in [2.05, 4.69) is 4.98 Å². The van der Waals surface area contributed by atoms with Crippen LogP contribution in [0.5, 0.6) is 0 Å². The molecule has 0 bridgehead atoms. The SMILES string of the molecule is Cc1cccn2cc(C(=O)N3CCC(CC(=O)N4CCCC4)CC3)nc12. The van der Waals surface area contributed by atoms with Crippen LogP contribution in [0, 0.1) is 12.8 Å². The van der Waals surface area contributed by atoms with E-state index in [0.29, 0.717) is 37.0 Å². The van der Waals surface area contributed by atoms with Crippen molar-refractivity contribution < 1.29 is 9.59 Å². The number of pyridine rings is 1. The second kappa shape index (κ2) is 7.09. The fourth-order valence-electron chi connectivity index (χ4n) is 4.10. The summed E-state index contributed by atoms with van der Waals surface area (Å²) in [4.78, 5) is 33.5. The minimum absolute atomic E-state index is 0.00239. The van der Waals surface area contributed by atoms with Gasteiger partial charge in [0.05, 0.1) is 0 Å². The fourth-order valence-corrected chi connectivity index (χ4v) is 4.10. The molecule has 26 heavy (non-hydrogen) atoms. The molecule has 6 nitrogen and oxygen atoms in total. The lowest BCUT2D eigenvalue weighted by molar-refractivity contribution is -0.131. The lowest BCUT2D eigenvalue weighted by Crippen LogP contribution is -2.40. The first-order chi connectivity index (χ1) is 12.6. The number of amides is 2. The van der Waals surface area contributed by atoms with E-state index in [1.165, 1.54) is 0 Å². The van der Waals surface area contributed by atoms with Crippen molar-refractivity contribution in [2.45, 2.75) is 39.0 Å². The second-order valence-corrected chi connectivity index (χ2v) is 7.58. The van der Waals surface area contributed by atoms with Gasteiger partial charge in [0.15, 0.2) is 0 Å². The summed E-state index contributed by atoms with van der Waals surface area (Å²) in [6.07, 6.45) is 8.44. The number of carbonyl (C=O) groups excluding carboxylic acids is 2. The van der Waals surface area contributed by atoms with Gasteiger partial charge in [0.2, 0.25) is 5.91 Å². The van der Waals surface area contributed by atoms with Crippen LogP contribution in [0.2, 0.25) is 0 Å². The molecule has 0 atom stereocenters. The molecule has 0 spiro atoms. The number of piperidine rings is 1. The maximum absolute atomic E-state index is 12.8. The number of hydrogen-bond donors (Lipinski definition) is 0. The fraction of sp³-hybridized carbons (Fsp3) is 0.550. The number of rotatable bonds is 3. The Kier molecular flexibility index (Phi) is 4.66. The summed E-state index contributed by atoms with van der Waals surface area (Å²) >= 11 is 0. The molecule has 2 aromatic heterocycles. The van der Waals surface area contributed by atoms with Crippen LogP contribution in [-0.2, 0) is 4.79 Å². The number of nitrogens with zero attached hydrogens (tertiary/aromatic N) is 4. The van der Waals surface area contributed by atoms with Gasteiger partial charge < -0.3 is 14.2 Å². The molecule has 0 N–H and O–H groups in total. The molecule has 2 fully saturated rings. The Morgan fingerprint density at radius 3 is 2.54 bits per heavy atom. The van der Waals surface area contributed by atoms with Crippen LogP contribution in [0.4, 0.5) is 0 Å². The van der Waals surface area contributed by atoms with Crippen molar-refractivity contribution in [2.24, 2.45) is 5.92 Å². The van der Waals surface area contributed by atoms with Crippen molar-refractivity contribution in [3.63, 3.8) is 0 Å². The lowest BCUT2D eigenvalue weighted by Gasteiger charge is -2.32. The first-order valence-electron chi connectivity index (χ1n) is 9.63. The quantitative estimate of drug-likeness (QED) is 0.851. The summed E-state index contributed by atoms with van der Waals surface area (Å²) in [6, 6.07) is 3.96. The van der Waals surface area contributed by atoms with Gasteiger partial charge in [-0.15, -0.1) is 0 Å². The molecule has 138 valence electrons. The Morgan fingerprint density at radius 2 is 1.85 bits per heavy atom. The Labute approximate surface area is 153 Å². The molecule has 0 aliphatic carbocycles. The molecular weight excluding hydrogens is 328 g/mol. The summed E-state index contributed by atoms with van der Waals surface area (Å²) in [5, 5.41) is 0. The zero-order valence-electron chi connectivity index (χ0n) is 15.4. The van der Waals surface area contributed by atoms with E-state index in [0.717, 1.165) is 50.0 Å². The van der Waals surface area contributed by atoms with Crippen LogP contribution in [0.3, 0.4) is 0 Å². The zero-order chi connectivity index (χ0) is 18.1. The van der Waals surface area contributed by atoms with Crippen LogP contribution in [-0.4, -0.2) is 57.2 Å². The van der Waals surface area contributed by atoms with Crippen LogP contribution in [0.15, 0.2) is 24.5 Å². The van der Waals surface area contributed by atoms with Gasteiger partial charge in [-0.25, -0.2) is 4.98 Å². The molecule has 0 saturated carbocycles. The maximum Gasteiger partial charge on any atom is 0.274 e. The van der Waals surface area contributed by atoms with Crippen molar-refractivity contribution in [3.05, 3.63) is 35.8 Å². The molecule has 0 radical (unpaired) electrons. The molecule has 2 saturated heterocycles. The first-order valence-corrected chi connectivity index (χ1v) is 9.63. The molecule has 2 aliphatic heterocycles. The molecule has 0 aromatic carbocycles. The molecule has 6 heteroatoms. The highest BCUT2D eigenvalue weighted by molar-refractivity contribution is 5.93. The summed E-state index contributed by atoms with van der Waals surface area (Å²) in [6.45, 7) is 5.26. The van der Waals surface area contributed by atoms with Gasteiger partial charge >= 0.3 is 0 Å². The van der Waals surface area contributed by atoms with Crippen LogP contribution in [0.1, 0.15) is 48.2 Å². The highest BCUT2D eigenvalue weighted by atomic mass is 16.2. The number of likely N-dealkylation sites (tertiary alicyclic amines) is 2. The van der Waals surface area contributed by atoms with Crippen molar-refractivity contribution in [1.29, 1.82) is 0 Å². The standard InChI is InChI=1S/C20H26N4O2/c1-15-5-4-10-24-14-17(21-19(15)24)20(26)23-11-6-16(7-12-23)13-18(25)22-8-2-3-9-22/h4-5,10,14,16H,2-3,6-9,11-13H2,1H3. The topological polar surface area (TPSA) is 57.9 Å². The van der Waals surface area contributed by atoms with E-state index in [-0.39, 0.29) is 5.91 Å². The Morgan fingerprint density at radius 1 is 1.12 bits per heavy atom. The summed E-state index contributed by atoms with van der Waals surface area (Å²) in [7, 11) is 0. The van der Waals surface area contributed by atoms with Crippen LogP contribution in [0.25, 0.3) is 5.65 Å². The predicted molar refractivity (Wildman–Crippen MR) is 99.0 cm³/mol. The van der Waals surface area contributed by atoms with Crippen molar-refractivity contribution in [2.75, 3.05) is 26.2 Å². The highest BCUT2D eigenvalue weighted by Gasteiger charge is 2.28. The summed E-state index contributed by atoms with van der Waals surface area (Å²) < 4.78 is 1.91. The smallest absolute Gasteiger partial charge is 0.274 e.